The summed E-state index contributed by atoms with van der Waals surface area (Å²) >= 11 is 0. The summed E-state index contributed by atoms with van der Waals surface area (Å²) in [4.78, 5) is 27.5. The van der Waals surface area contributed by atoms with Crippen LogP contribution in [0.3, 0.4) is 0 Å². The maximum absolute atomic E-state index is 12.4. The van der Waals surface area contributed by atoms with Crippen molar-refractivity contribution in [2.24, 2.45) is 5.73 Å². The van der Waals surface area contributed by atoms with E-state index >= 15 is 0 Å². The van der Waals surface area contributed by atoms with Gasteiger partial charge in [-0.15, -0.1) is 0 Å². The van der Waals surface area contributed by atoms with Gasteiger partial charge in [-0.2, -0.15) is 0 Å². The lowest BCUT2D eigenvalue weighted by atomic mass is 10.2. The number of nitrogens with one attached hydrogen (secondary N) is 3. The van der Waals surface area contributed by atoms with Crippen molar-refractivity contribution in [1.29, 1.82) is 0 Å². The largest absolute Gasteiger partial charge is 0.364 e. The Hall–Kier alpha value is -1.91. The second-order valence-electron chi connectivity index (χ2n) is 5.67. The minimum absolute atomic E-state index is 0.00802. The number of hydrogen-bond acceptors (Lipinski definition) is 5. The Kier molecular flexibility index (Phi) is 5.97. The number of amides is 2. The molecular weight excluding hydrogens is 334 g/mol. The van der Waals surface area contributed by atoms with Crippen LogP contribution >= 0.6 is 0 Å². The van der Waals surface area contributed by atoms with E-state index < -0.39 is 15.9 Å². The number of nitrogens with two attached hydrogens (primary N) is 1. The van der Waals surface area contributed by atoms with Gasteiger partial charge in [-0.25, -0.2) is 13.1 Å². The third-order valence-corrected chi connectivity index (χ3v) is 5.29. The minimum atomic E-state index is -3.89. The Bertz CT molecular complexity index is 694. The van der Waals surface area contributed by atoms with Crippen LogP contribution in [0.15, 0.2) is 17.2 Å². The quantitative estimate of drug-likeness (QED) is 0.472. The molecule has 1 saturated heterocycles. The first-order valence-corrected chi connectivity index (χ1v) is 9.31. The van der Waals surface area contributed by atoms with Crippen LogP contribution in [0.25, 0.3) is 0 Å². The third-order valence-electron chi connectivity index (χ3n) is 3.91. The molecule has 2 rings (SSSR count). The number of carbonyl (C=O) groups excluding carboxylic acids is 2. The molecule has 0 saturated carbocycles. The number of hydrogen-bond donors (Lipinski definition) is 4. The normalized spacial score (nSPS) is 17.8. The molecule has 1 atom stereocenters. The predicted molar refractivity (Wildman–Crippen MR) is 87.8 cm³/mol. The van der Waals surface area contributed by atoms with Gasteiger partial charge >= 0.3 is 0 Å². The summed E-state index contributed by atoms with van der Waals surface area (Å²) in [5, 5.41) is 3.20. The van der Waals surface area contributed by atoms with E-state index in [4.69, 9.17) is 5.73 Å². The summed E-state index contributed by atoms with van der Waals surface area (Å²) < 4.78 is 26.7. The molecule has 1 aromatic heterocycles. The maximum atomic E-state index is 12.4. The lowest BCUT2D eigenvalue weighted by Gasteiger charge is -2.28. The molecule has 1 unspecified atom stereocenters. The van der Waals surface area contributed by atoms with Crippen LogP contribution in [0, 0.1) is 0 Å². The van der Waals surface area contributed by atoms with Gasteiger partial charge in [0.15, 0.2) is 0 Å². The Labute approximate surface area is 141 Å². The van der Waals surface area contributed by atoms with Crippen LogP contribution in [0.5, 0.6) is 0 Å². The number of nitrogens with zero attached hydrogens (tertiary/aromatic N) is 1. The summed E-state index contributed by atoms with van der Waals surface area (Å²) in [5.74, 6) is -1.02. The van der Waals surface area contributed by atoms with Crippen LogP contribution in [0.1, 0.15) is 30.3 Å². The zero-order chi connectivity index (χ0) is 17.7. The number of sulfonamides is 1. The van der Waals surface area contributed by atoms with Gasteiger partial charge in [0.05, 0.1) is 6.54 Å². The van der Waals surface area contributed by atoms with Crippen molar-refractivity contribution in [3.05, 3.63) is 18.0 Å². The highest BCUT2D eigenvalue weighted by Crippen LogP contribution is 2.12. The maximum Gasteiger partial charge on any atom is 0.265 e. The molecule has 5 N–H and O–H groups in total. The summed E-state index contributed by atoms with van der Waals surface area (Å²) in [6.45, 7) is 3.80. The molecule has 1 aromatic rings. The topological polar surface area (TPSA) is 137 Å². The second kappa shape index (κ2) is 7.77. The predicted octanol–water partition coefficient (Wildman–Crippen LogP) is -1.01. The molecule has 2 heterocycles. The van der Waals surface area contributed by atoms with E-state index in [2.05, 4.69) is 15.0 Å². The fraction of sp³-hybridized carbons (Fsp3) is 0.571. The summed E-state index contributed by atoms with van der Waals surface area (Å²) in [5.41, 5.74) is 5.08. The van der Waals surface area contributed by atoms with Crippen LogP contribution in [0.2, 0.25) is 0 Å². The smallest absolute Gasteiger partial charge is 0.265 e. The van der Waals surface area contributed by atoms with Crippen molar-refractivity contribution in [3.8, 4) is 0 Å². The van der Waals surface area contributed by atoms with E-state index in [9.17, 15) is 18.0 Å². The van der Waals surface area contributed by atoms with Gasteiger partial charge in [-0.3, -0.25) is 9.59 Å². The molecule has 0 radical (unpaired) electrons. The van der Waals surface area contributed by atoms with Gasteiger partial charge in [-0.05, 0) is 25.5 Å². The first-order valence-electron chi connectivity index (χ1n) is 7.83. The van der Waals surface area contributed by atoms with Crippen molar-refractivity contribution in [2.45, 2.75) is 30.7 Å². The highest BCUT2D eigenvalue weighted by molar-refractivity contribution is 7.89. The van der Waals surface area contributed by atoms with Crippen LogP contribution < -0.4 is 15.8 Å². The molecule has 1 fully saturated rings. The van der Waals surface area contributed by atoms with E-state index in [0.717, 1.165) is 38.2 Å². The lowest BCUT2D eigenvalue weighted by Crippen LogP contribution is -2.46. The van der Waals surface area contributed by atoms with Crippen molar-refractivity contribution in [2.75, 3.05) is 26.2 Å². The van der Waals surface area contributed by atoms with E-state index in [-0.39, 0.29) is 29.1 Å². The third kappa shape index (κ3) is 4.34. The molecule has 24 heavy (non-hydrogen) atoms. The van der Waals surface area contributed by atoms with Crippen LogP contribution in [0.4, 0.5) is 0 Å². The van der Waals surface area contributed by atoms with Gasteiger partial charge in [0.25, 0.3) is 5.91 Å². The average molecular weight is 357 g/mol. The Morgan fingerprint density at radius 1 is 1.46 bits per heavy atom. The second-order valence-corrected chi connectivity index (χ2v) is 7.44. The molecule has 0 aliphatic carbocycles. The molecule has 1 aliphatic heterocycles. The average Bonchev–Trinajstić information content (AvgIpc) is 3.21. The van der Waals surface area contributed by atoms with Crippen LogP contribution in [-0.2, 0) is 14.8 Å². The van der Waals surface area contributed by atoms with E-state index in [0.29, 0.717) is 6.54 Å². The first kappa shape index (κ1) is 18.4. The van der Waals surface area contributed by atoms with E-state index in [1.54, 1.807) is 4.90 Å². The lowest BCUT2D eigenvalue weighted by molar-refractivity contribution is -0.131. The molecule has 9 nitrogen and oxygen atoms in total. The molecule has 1 aliphatic rings. The Morgan fingerprint density at radius 3 is 2.75 bits per heavy atom. The standard InChI is InChI=1S/C14H23N5O4S/c1-2-5-19(10-3-4-16-7-10)13(20)9-18-24(22,23)11-6-12(14(15)21)17-8-11/h6,8,10,16-18H,2-5,7,9H2,1H3,(H2,15,21). The molecule has 134 valence electrons. The Morgan fingerprint density at radius 2 is 2.21 bits per heavy atom. The molecule has 10 heteroatoms. The van der Waals surface area contributed by atoms with Gasteiger partial charge in [0.2, 0.25) is 15.9 Å². The summed E-state index contributed by atoms with van der Waals surface area (Å²) in [7, 11) is -3.89. The molecule has 0 spiro atoms. The first-order chi connectivity index (χ1) is 11.3. The SMILES string of the molecule is CCCN(C(=O)CNS(=O)(=O)c1c[nH]c(C(N)=O)c1)C1CCNC1. The molecule has 0 bridgehead atoms. The number of H-pyrrole nitrogens is 1. The molecule has 2 amide bonds. The van der Waals surface area contributed by atoms with Crippen molar-refractivity contribution in [3.63, 3.8) is 0 Å². The molecule has 0 aromatic carbocycles. The van der Waals surface area contributed by atoms with Crippen molar-refractivity contribution >= 4 is 21.8 Å². The monoisotopic (exact) mass is 357 g/mol. The molecular formula is C14H23N5O4S. The fourth-order valence-corrected chi connectivity index (χ4v) is 3.64. The number of aromatic amines is 1. The fourth-order valence-electron chi connectivity index (χ4n) is 2.67. The van der Waals surface area contributed by atoms with E-state index in [1.807, 2.05) is 6.92 Å². The van der Waals surface area contributed by atoms with Gasteiger partial charge in [0, 0.05) is 25.3 Å². The number of rotatable bonds is 8. The minimum Gasteiger partial charge on any atom is -0.364 e. The van der Waals surface area contributed by atoms with Gasteiger partial charge in [0.1, 0.15) is 10.6 Å². The summed E-state index contributed by atoms with van der Waals surface area (Å²) in [6, 6.07) is 1.23. The van der Waals surface area contributed by atoms with E-state index in [1.165, 1.54) is 0 Å². The zero-order valence-electron chi connectivity index (χ0n) is 13.5. The summed E-state index contributed by atoms with van der Waals surface area (Å²) in [6.07, 6.45) is 2.82. The van der Waals surface area contributed by atoms with Crippen molar-refractivity contribution < 1.29 is 18.0 Å². The zero-order valence-corrected chi connectivity index (χ0v) is 14.4. The highest BCUT2D eigenvalue weighted by Gasteiger charge is 2.27. The van der Waals surface area contributed by atoms with Crippen molar-refractivity contribution in [1.82, 2.24) is 19.9 Å². The Balaban J connectivity index is 2.01. The number of carbonyl (C=O) groups is 2. The van der Waals surface area contributed by atoms with Gasteiger partial charge in [-0.1, -0.05) is 6.92 Å². The van der Waals surface area contributed by atoms with Crippen LogP contribution in [-0.4, -0.2) is 62.3 Å². The number of primary amides is 1. The van der Waals surface area contributed by atoms with Gasteiger partial charge < -0.3 is 20.9 Å². The highest BCUT2D eigenvalue weighted by atomic mass is 32.2. The number of aromatic nitrogens is 1.